The van der Waals surface area contributed by atoms with Gasteiger partial charge in [-0.3, -0.25) is 9.78 Å². The summed E-state index contributed by atoms with van der Waals surface area (Å²) in [5.74, 6) is -0.0940. The number of rotatable bonds is 6. The molecule has 0 aliphatic rings. The van der Waals surface area contributed by atoms with Gasteiger partial charge in [0, 0.05) is 6.20 Å². The van der Waals surface area contributed by atoms with E-state index in [2.05, 4.69) is 17.2 Å². The van der Waals surface area contributed by atoms with E-state index in [4.69, 9.17) is 5.73 Å². The van der Waals surface area contributed by atoms with E-state index in [0.29, 0.717) is 6.54 Å². The quantitative estimate of drug-likeness (QED) is 0.785. The molecule has 1 heterocycles. The lowest BCUT2D eigenvalue weighted by atomic mass is 10.1. The van der Waals surface area contributed by atoms with Crippen molar-refractivity contribution >= 4 is 5.91 Å². The monoisotopic (exact) mass is 235 g/mol. The third-order valence-corrected chi connectivity index (χ3v) is 2.75. The Bertz CT molecular complexity index is 365. The zero-order chi connectivity index (χ0) is 12.7. The van der Waals surface area contributed by atoms with E-state index in [1.807, 2.05) is 19.1 Å². The van der Waals surface area contributed by atoms with E-state index in [1.54, 1.807) is 6.20 Å². The van der Waals surface area contributed by atoms with E-state index in [1.165, 1.54) is 0 Å². The topological polar surface area (TPSA) is 68.0 Å². The van der Waals surface area contributed by atoms with Gasteiger partial charge in [-0.2, -0.15) is 0 Å². The summed E-state index contributed by atoms with van der Waals surface area (Å²) in [7, 11) is 0. The van der Waals surface area contributed by atoms with Gasteiger partial charge in [0.1, 0.15) is 0 Å². The SMILES string of the molecule is CCCC[C@H](N)C(=O)NCc1ncccc1C. The molecule has 0 aromatic carbocycles. The molecule has 0 saturated carbocycles. The van der Waals surface area contributed by atoms with Crippen molar-refractivity contribution in [2.24, 2.45) is 5.73 Å². The molecule has 1 rings (SSSR count). The van der Waals surface area contributed by atoms with Crippen LogP contribution in [0.25, 0.3) is 0 Å². The zero-order valence-corrected chi connectivity index (χ0v) is 10.6. The third kappa shape index (κ3) is 4.53. The lowest BCUT2D eigenvalue weighted by Crippen LogP contribution is -2.40. The van der Waals surface area contributed by atoms with Crippen LogP contribution in [0.1, 0.15) is 37.4 Å². The van der Waals surface area contributed by atoms with Crippen molar-refractivity contribution in [2.45, 2.75) is 45.7 Å². The highest BCUT2D eigenvalue weighted by Crippen LogP contribution is 2.03. The molecular formula is C13H21N3O. The lowest BCUT2D eigenvalue weighted by molar-refractivity contribution is -0.122. The second-order valence-corrected chi connectivity index (χ2v) is 4.23. The van der Waals surface area contributed by atoms with E-state index in [-0.39, 0.29) is 5.91 Å². The summed E-state index contributed by atoms with van der Waals surface area (Å²) >= 11 is 0. The summed E-state index contributed by atoms with van der Waals surface area (Å²) in [4.78, 5) is 15.9. The smallest absolute Gasteiger partial charge is 0.237 e. The van der Waals surface area contributed by atoms with Crippen molar-refractivity contribution in [3.63, 3.8) is 0 Å². The standard InChI is InChI=1S/C13H21N3O/c1-3-4-7-11(14)13(17)16-9-12-10(2)6-5-8-15-12/h5-6,8,11H,3-4,7,9,14H2,1-2H3,(H,16,17)/t11-/m0/s1. The minimum atomic E-state index is -0.404. The summed E-state index contributed by atoms with van der Waals surface area (Å²) in [5.41, 5.74) is 7.74. The van der Waals surface area contributed by atoms with Crippen molar-refractivity contribution in [3.8, 4) is 0 Å². The molecule has 94 valence electrons. The molecule has 17 heavy (non-hydrogen) atoms. The lowest BCUT2D eigenvalue weighted by Gasteiger charge is -2.12. The Labute approximate surface area is 103 Å². The Morgan fingerprint density at radius 3 is 3.00 bits per heavy atom. The van der Waals surface area contributed by atoms with Crippen LogP contribution in [0.5, 0.6) is 0 Å². The van der Waals surface area contributed by atoms with Gasteiger partial charge in [0.2, 0.25) is 5.91 Å². The second kappa shape index (κ2) is 7.01. The van der Waals surface area contributed by atoms with Gasteiger partial charge in [-0.1, -0.05) is 25.8 Å². The normalized spacial score (nSPS) is 12.2. The van der Waals surface area contributed by atoms with Crippen LogP contribution in [0.3, 0.4) is 0 Å². The Morgan fingerprint density at radius 2 is 2.35 bits per heavy atom. The predicted molar refractivity (Wildman–Crippen MR) is 68.3 cm³/mol. The number of carbonyl (C=O) groups is 1. The van der Waals surface area contributed by atoms with Crippen molar-refractivity contribution in [3.05, 3.63) is 29.6 Å². The number of carbonyl (C=O) groups excluding carboxylic acids is 1. The van der Waals surface area contributed by atoms with E-state index >= 15 is 0 Å². The second-order valence-electron chi connectivity index (χ2n) is 4.23. The minimum absolute atomic E-state index is 0.0940. The van der Waals surface area contributed by atoms with Crippen LogP contribution in [-0.4, -0.2) is 16.9 Å². The highest BCUT2D eigenvalue weighted by molar-refractivity contribution is 5.81. The Kier molecular flexibility index (Phi) is 5.63. The van der Waals surface area contributed by atoms with Crippen molar-refractivity contribution in [1.82, 2.24) is 10.3 Å². The van der Waals surface area contributed by atoms with Gasteiger partial charge < -0.3 is 11.1 Å². The molecule has 3 N–H and O–H groups in total. The maximum absolute atomic E-state index is 11.7. The first-order valence-corrected chi connectivity index (χ1v) is 6.09. The third-order valence-electron chi connectivity index (χ3n) is 2.75. The first-order chi connectivity index (χ1) is 8.15. The van der Waals surface area contributed by atoms with Crippen molar-refractivity contribution < 1.29 is 4.79 Å². The molecule has 1 amide bonds. The number of aryl methyl sites for hydroxylation is 1. The van der Waals surface area contributed by atoms with Crippen LogP contribution < -0.4 is 11.1 Å². The molecule has 1 aromatic rings. The maximum Gasteiger partial charge on any atom is 0.237 e. The largest absolute Gasteiger partial charge is 0.349 e. The summed E-state index contributed by atoms with van der Waals surface area (Å²) in [5, 5.41) is 2.82. The van der Waals surface area contributed by atoms with Gasteiger partial charge >= 0.3 is 0 Å². The van der Waals surface area contributed by atoms with E-state index < -0.39 is 6.04 Å². The van der Waals surface area contributed by atoms with Crippen LogP contribution in [-0.2, 0) is 11.3 Å². The highest BCUT2D eigenvalue weighted by Gasteiger charge is 2.12. The van der Waals surface area contributed by atoms with Gasteiger partial charge in [0.05, 0.1) is 18.3 Å². The average molecular weight is 235 g/mol. The summed E-state index contributed by atoms with van der Waals surface area (Å²) < 4.78 is 0. The number of unbranched alkanes of at least 4 members (excludes halogenated alkanes) is 1. The molecule has 0 saturated heterocycles. The Morgan fingerprint density at radius 1 is 1.59 bits per heavy atom. The molecule has 0 aliphatic carbocycles. The Hall–Kier alpha value is -1.42. The molecular weight excluding hydrogens is 214 g/mol. The van der Waals surface area contributed by atoms with Gasteiger partial charge in [-0.15, -0.1) is 0 Å². The van der Waals surface area contributed by atoms with Crippen molar-refractivity contribution in [2.75, 3.05) is 0 Å². The van der Waals surface area contributed by atoms with Gasteiger partial charge in [-0.05, 0) is 25.0 Å². The first kappa shape index (κ1) is 13.6. The average Bonchev–Trinajstić information content (AvgIpc) is 2.34. The number of nitrogens with one attached hydrogen (secondary N) is 1. The van der Waals surface area contributed by atoms with Crippen LogP contribution in [0.2, 0.25) is 0 Å². The molecule has 0 spiro atoms. The zero-order valence-electron chi connectivity index (χ0n) is 10.6. The number of hydrogen-bond donors (Lipinski definition) is 2. The molecule has 1 atom stereocenters. The van der Waals surface area contributed by atoms with Gasteiger partial charge in [0.15, 0.2) is 0 Å². The minimum Gasteiger partial charge on any atom is -0.349 e. The number of pyridine rings is 1. The predicted octanol–water partition coefficient (Wildman–Crippen LogP) is 1.52. The van der Waals surface area contributed by atoms with Crippen LogP contribution in [0, 0.1) is 6.92 Å². The van der Waals surface area contributed by atoms with Gasteiger partial charge in [-0.25, -0.2) is 0 Å². The number of aromatic nitrogens is 1. The number of hydrogen-bond acceptors (Lipinski definition) is 3. The maximum atomic E-state index is 11.7. The molecule has 0 bridgehead atoms. The fourth-order valence-electron chi connectivity index (χ4n) is 1.56. The molecule has 0 fully saturated rings. The number of nitrogens with two attached hydrogens (primary N) is 1. The molecule has 1 aromatic heterocycles. The van der Waals surface area contributed by atoms with E-state index in [0.717, 1.165) is 30.5 Å². The Balaban J connectivity index is 2.40. The first-order valence-electron chi connectivity index (χ1n) is 6.09. The van der Waals surface area contributed by atoms with Crippen LogP contribution >= 0.6 is 0 Å². The summed E-state index contributed by atoms with van der Waals surface area (Å²) in [6.07, 6.45) is 4.51. The molecule has 4 heteroatoms. The number of amides is 1. The van der Waals surface area contributed by atoms with Gasteiger partial charge in [0.25, 0.3) is 0 Å². The number of nitrogens with zero attached hydrogens (tertiary/aromatic N) is 1. The molecule has 0 unspecified atom stereocenters. The molecule has 0 aliphatic heterocycles. The summed E-state index contributed by atoms with van der Waals surface area (Å²) in [6.45, 7) is 4.51. The van der Waals surface area contributed by atoms with Crippen LogP contribution in [0.4, 0.5) is 0 Å². The fraction of sp³-hybridized carbons (Fsp3) is 0.538. The molecule has 4 nitrogen and oxygen atoms in total. The summed E-state index contributed by atoms with van der Waals surface area (Å²) in [6, 6.07) is 3.46. The van der Waals surface area contributed by atoms with E-state index in [9.17, 15) is 4.79 Å². The van der Waals surface area contributed by atoms with Crippen LogP contribution in [0.15, 0.2) is 18.3 Å². The fourth-order valence-corrected chi connectivity index (χ4v) is 1.56. The van der Waals surface area contributed by atoms with Crippen molar-refractivity contribution in [1.29, 1.82) is 0 Å². The highest BCUT2D eigenvalue weighted by atomic mass is 16.2. The molecule has 0 radical (unpaired) electrons.